The monoisotopic (exact) mass is 615 g/mol. The summed E-state index contributed by atoms with van der Waals surface area (Å²) in [6, 6.07) is 4.45. The van der Waals surface area contributed by atoms with E-state index < -0.39 is 60.6 Å². The van der Waals surface area contributed by atoms with E-state index in [0.29, 0.717) is 23.1 Å². The van der Waals surface area contributed by atoms with Gasteiger partial charge in [0.05, 0.1) is 18.6 Å². The number of alkyl halides is 3. The van der Waals surface area contributed by atoms with Crippen molar-refractivity contribution in [3.8, 4) is 0 Å². The average Bonchev–Trinajstić information content (AvgIpc) is 2.88. The van der Waals surface area contributed by atoms with Crippen LogP contribution in [0, 0.1) is 12.8 Å². The molecular formula is C28H40F3N5O7. The van der Waals surface area contributed by atoms with Crippen LogP contribution in [0.4, 0.5) is 18.9 Å². The molecule has 2 unspecified atom stereocenters. The maximum atomic E-state index is 12.8. The highest BCUT2D eigenvalue weighted by atomic mass is 19.4. The van der Waals surface area contributed by atoms with Crippen molar-refractivity contribution in [2.24, 2.45) is 5.92 Å². The molecule has 4 atom stereocenters. The Morgan fingerprint density at radius 1 is 1.02 bits per heavy atom. The molecule has 0 fully saturated rings. The van der Waals surface area contributed by atoms with Crippen molar-refractivity contribution in [3.63, 3.8) is 0 Å². The number of hydrogen-bond donors (Lipinski definition) is 7. The lowest BCUT2D eigenvalue weighted by Gasteiger charge is -2.26. The first-order valence-electron chi connectivity index (χ1n) is 13.9. The number of unbranched alkanes of at least 4 members (excludes halogenated alkanes) is 1. The molecule has 240 valence electrons. The zero-order chi connectivity index (χ0) is 32.3. The molecule has 7 N–H and O–H groups in total. The van der Waals surface area contributed by atoms with Gasteiger partial charge in [0.25, 0.3) is 0 Å². The summed E-state index contributed by atoms with van der Waals surface area (Å²) in [5.41, 5.74) is 0.779. The second-order valence-corrected chi connectivity index (χ2v) is 10.7. The van der Waals surface area contributed by atoms with Crippen molar-refractivity contribution in [3.05, 3.63) is 40.2 Å². The predicted molar refractivity (Wildman–Crippen MR) is 153 cm³/mol. The van der Waals surface area contributed by atoms with E-state index in [1.807, 2.05) is 13.8 Å². The van der Waals surface area contributed by atoms with Crippen molar-refractivity contribution in [2.45, 2.75) is 84.1 Å². The predicted octanol–water partition coefficient (Wildman–Crippen LogP) is 1.62. The van der Waals surface area contributed by atoms with E-state index in [4.69, 9.17) is 4.42 Å². The summed E-state index contributed by atoms with van der Waals surface area (Å²) in [6.07, 6.45) is -6.52. The van der Waals surface area contributed by atoms with Crippen LogP contribution in [0.15, 0.2) is 33.5 Å². The summed E-state index contributed by atoms with van der Waals surface area (Å²) in [5, 5.41) is 33.7. The van der Waals surface area contributed by atoms with Crippen LogP contribution in [0.25, 0.3) is 11.0 Å². The number of aliphatic hydroxyl groups excluding tert-OH is 2. The number of nitrogens with one attached hydrogen (secondary N) is 5. The Morgan fingerprint density at radius 3 is 2.35 bits per heavy atom. The van der Waals surface area contributed by atoms with Crippen LogP contribution in [0.3, 0.4) is 0 Å². The van der Waals surface area contributed by atoms with Crippen molar-refractivity contribution >= 4 is 34.4 Å². The first-order chi connectivity index (χ1) is 20.1. The molecule has 1 aromatic carbocycles. The Bertz CT molecular complexity index is 1290. The van der Waals surface area contributed by atoms with Crippen molar-refractivity contribution in [1.29, 1.82) is 0 Å². The number of carbonyl (C=O) groups is 3. The second kappa shape index (κ2) is 16.2. The molecule has 0 aliphatic heterocycles. The Kier molecular flexibility index (Phi) is 13.4. The van der Waals surface area contributed by atoms with Crippen LogP contribution in [-0.2, 0) is 14.4 Å². The number of aliphatic hydroxyl groups is 2. The fraction of sp³-hybridized carbons (Fsp3) is 0.571. The van der Waals surface area contributed by atoms with Crippen LogP contribution in [0.5, 0.6) is 0 Å². The molecule has 0 spiro atoms. The van der Waals surface area contributed by atoms with E-state index in [9.17, 15) is 42.6 Å². The van der Waals surface area contributed by atoms with Gasteiger partial charge in [0, 0.05) is 29.8 Å². The summed E-state index contributed by atoms with van der Waals surface area (Å²) in [4.78, 5) is 48.2. The molecule has 3 amide bonds. The van der Waals surface area contributed by atoms with E-state index in [0.717, 1.165) is 0 Å². The molecule has 15 heteroatoms. The van der Waals surface area contributed by atoms with Crippen molar-refractivity contribution in [2.75, 3.05) is 18.4 Å². The topological polar surface area (TPSA) is 182 Å². The number of halogens is 3. The quantitative estimate of drug-likeness (QED) is 0.0839. The number of anilines is 1. The van der Waals surface area contributed by atoms with Gasteiger partial charge < -0.3 is 35.9 Å². The summed E-state index contributed by atoms with van der Waals surface area (Å²) >= 11 is 0. The molecular weight excluding hydrogens is 575 g/mol. The lowest BCUT2D eigenvalue weighted by molar-refractivity contribution is -0.173. The minimum atomic E-state index is -5.00. The number of amides is 3. The zero-order valence-corrected chi connectivity index (χ0v) is 24.5. The lowest BCUT2D eigenvalue weighted by atomic mass is 10.0. The zero-order valence-electron chi connectivity index (χ0n) is 24.5. The number of fused-ring (bicyclic) bond motifs is 1. The summed E-state index contributed by atoms with van der Waals surface area (Å²) in [5.74, 6) is -3.10. The van der Waals surface area contributed by atoms with Gasteiger partial charge in [0.2, 0.25) is 11.8 Å². The number of carbonyl (C=O) groups excluding carboxylic acids is 3. The third kappa shape index (κ3) is 12.2. The molecule has 0 aliphatic rings. The highest BCUT2D eigenvalue weighted by Crippen LogP contribution is 2.22. The van der Waals surface area contributed by atoms with E-state index in [2.05, 4.69) is 21.3 Å². The standard InChI is InChI=1S/C28H40F3N5O7/c1-15(2)11-21(34-17(4)37)25(40)33-14-23(38)36-20(7-5-6-10-32-27(42)28(29,30)31)26(41)35-18-8-9-19-16(3)12-24(39)43-22(19)13-18/h8-9,12-13,15,17,20-21,26,34-35,37,41H,5-7,10-11,14H2,1-4H3,(H,32,42)(H,33,40)(H,36,38)/t17?,20-,21-,26?/m0/s1. The second-order valence-electron chi connectivity index (χ2n) is 10.7. The van der Waals surface area contributed by atoms with Gasteiger partial charge in [-0.05, 0) is 63.1 Å². The molecule has 0 saturated carbocycles. The Balaban J connectivity index is 2.08. The van der Waals surface area contributed by atoms with Gasteiger partial charge in [-0.3, -0.25) is 19.7 Å². The van der Waals surface area contributed by atoms with Gasteiger partial charge in [0.1, 0.15) is 18.0 Å². The molecule has 1 heterocycles. The Hall–Kier alpha value is -3.69. The van der Waals surface area contributed by atoms with E-state index in [-0.39, 0.29) is 37.3 Å². The van der Waals surface area contributed by atoms with Crippen LogP contribution < -0.4 is 32.2 Å². The highest BCUT2D eigenvalue weighted by Gasteiger charge is 2.38. The molecule has 2 aromatic rings. The van der Waals surface area contributed by atoms with E-state index >= 15 is 0 Å². The van der Waals surface area contributed by atoms with Crippen LogP contribution >= 0.6 is 0 Å². The number of benzene rings is 1. The van der Waals surface area contributed by atoms with Gasteiger partial charge in [-0.15, -0.1) is 0 Å². The van der Waals surface area contributed by atoms with E-state index in [1.165, 1.54) is 19.1 Å². The number of aryl methyl sites for hydroxylation is 1. The van der Waals surface area contributed by atoms with E-state index in [1.54, 1.807) is 24.4 Å². The third-order valence-corrected chi connectivity index (χ3v) is 6.37. The molecule has 0 radical (unpaired) electrons. The Labute approximate surface area is 246 Å². The van der Waals surface area contributed by atoms with Crippen LogP contribution in [0.1, 0.15) is 52.0 Å². The van der Waals surface area contributed by atoms with Crippen molar-refractivity contribution < 1.29 is 42.2 Å². The van der Waals surface area contributed by atoms with Crippen LogP contribution in [-0.4, -0.2) is 71.7 Å². The largest absolute Gasteiger partial charge is 0.471 e. The normalized spacial score (nSPS) is 14.6. The van der Waals surface area contributed by atoms with Gasteiger partial charge in [-0.2, -0.15) is 13.2 Å². The molecule has 0 saturated heterocycles. The van der Waals surface area contributed by atoms with Crippen molar-refractivity contribution in [1.82, 2.24) is 21.3 Å². The molecule has 12 nitrogen and oxygen atoms in total. The molecule has 2 rings (SSSR count). The lowest BCUT2D eigenvalue weighted by Crippen LogP contribution is -2.52. The molecule has 0 bridgehead atoms. The van der Waals surface area contributed by atoms with Gasteiger partial charge in [0.15, 0.2) is 0 Å². The average molecular weight is 616 g/mol. The molecule has 1 aromatic heterocycles. The van der Waals surface area contributed by atoms with Gasteiger partial charge in [-0.1, -0.05) is 13.8 Å². The first kappa shape index (κ1) is 35.5. The minimum absolute atomic E-state index is 0.0943. The van der Waals surface area contributed by atoms with Gasteiger partial charge in [-0.25, -0.2) is 4.79 Å². The maximum absolute atomic E-state index is 12.8. The van der Waals surface area contributed by atoms with Gasteiger partial charge >= 0.3 is 17.7 Å². The molecule has 0 aliphatic carbocycles. The number of hydrogen-bond acceptors (Lipinski definition) is 9. The number of rotatable bonds is 16. The third-order valence-electron chi connectivity index (χ3n) is 6.37. The SMILES string of the molecule is Cc1cc(=O)oc2cc(NC(O)[C@H](CCCCNC(=O)C(F)(F)F)NC(=O)CNC(=O)[C@H](CC(C)C)NC(C)O)ccc12. The highest BCUT2D eigenvalue weighted by molar-refractivity contribution is 5.87. The molecule has 43 heavy (non-hydrogen) atoms. The Morgan fingerprint density at radius 2 is 1.72 bits per heavy atom. The fourth-order valence-corrected chi connectivity index (χ4v) is 4.35. The fourth-order valence-electron chi connectivity index (χ4n) is 4.35. The maximum Gasteiger partial charge on any atom is 0.471 e. The minimum Gasteiger partial charge on any atom is -0.423 e. The summed E-state index contributed by atoms with van der Waals surface area (Å²) in [7, 11) is 0. The first-order valence-corrected chi connectivity index (χ1v) is 13.9. The summed E-state index contributed by atoms with van der Waals surface area (Å²) < 4.78 is 42.5. The smallest absolute Gasteiger partial charge is 0.423 e. The summed E-state index contributed by atoms with van der Waals surface area (Å²) in [6.45, 7) is 6.29. The van der Waals surface area contributed by atoms with Crippen LogP contribution in [0.2, 0.25) is 0 Å².